The Balaban J connectivity index is -0.000000143. The van der Waals surface area contributed by atoms with Crippen molar-refractivity contribution >= 4 is 0 Å². The SMILES string of the molecule is CC.CC.CC.CC.CC.CC.CC.CC(C)c1ccccn1.CC(C)c1cccnn1.CC(C)c1ccncc1.CC(C)c1ccncn1.CC(C)c1ccnnc1.CC(C)c1cnccn1.CC(C)c1ncccn1. The van der Waals surface area contributed by atoms with E-state index in [1.807, 2.05) is 176 Å². The average molecular weight is 1060 g/mol. The minimum Gasteiger partial charge on any atom is -0.265 e. The van der Waals surface area contributed by atoms with E-state index in [2.05, 4.69) is 157 Å². The Kier molecular flexibility index (Phi) is 72.3. The van der Waals surface area contributed by atoms with Crippen molar-refractivity contribution in [3.05, 3.63) is 181 Å². The van der Waals surface area contributed by atoms with Gasteiger partial charge in [-0.15, -0.1) is 0 Å². The van der Waals surface area contributed by atoms with Gasteiger partial charge in [0.2, 0.25) is 0 Å². The Hall–Kier alpha value is -6.30. The summed E-state index contributed by atoms with van der Waals surface area (Å²) in [4.78, 5) is 32.2. The second-order valence-corrected chi connectivity index (χ2v) is 16.3. The molecule has 0 saturated carbocycles. The van der Waals surface area contributed by atoms with E-state index in [4.69, 9.17) is 0 Å². The van der Waals surface area contributed by atoms with Crippen molar-refractivity contribution in [1.82, 2.24) is 60.3 Å². The molecule has 0 radical (unpaired) electrons. The maximum Gasteiger partial charge on any atom is 0.130 e. The molecule has 77 heavy (non-hydrogen) atoms. The summed E-state index contributed by atoms with van der Waals surface area (Å²) in [5.41, 5.74) is 6.97. The molecule has 0 fully saturated rings. The van der Waals surface area contributed by atoms with Crippen molar-refractivity contribution in [1.29, 1.82) is 0 Å². The zero-order valence-corrected chi connectivity index (χ0v) is 54.2. The Morgan fingerprint density at radius 2 is 0.714 bits per heavy atom. The fraction of sp³-hybridized carbons (Fsp3) is 0.538. The van der Waals surface area contributed by atoms with Crippen molar-refractivity contribution in [3.8, 4) is 0 Å². The van der Waals surface area contributed by atoms with E-state index in [0.717, 1.165) is 28.6 Å². The molecule has 7 aromatic rings. The number of hydrogen-bond acceptors (Lipinski definition) is 12. The molecule has 12 heteroatoms. The monoisotopic (exact) mass is 1060 g/mol. The molecule has 0 aliphatic heterocycles. The number of aromatic nitrogens is 12. The van der Waals surface area contributed by atoms with E-state index < -0.39 is 0 Å². The molecule has 434 valence electrons. The highest BCUT2D eigenvalue weighted by Gasteiger charge is 2.00. The van der Waals surface area contributed by atoms with Crippen LogP contribution in [0.5, 0.6) is 0 Å². The van der Waals surface area contributed by atoms with Gasteiger partial charge in [0, 0.05) is 85.5 Å². The molecule has 12 nitrogen and oxygen atoms in total. The van der Waals surface area contributed by atoms with Crippen LogP contribution in [-0.4, -0.2) is 60.3 Å². The van der Waals surface area contributed by atoms with Crippen LogP contribution in [0.15, 0.2) is 141 Å². The average Bonchev–Trinajstić information content (AvgIpc) is 3.51. The first-order chi connectivity index (χ1) is 37.1. The van der Waals surface area contributed by atoms with E-state index in [9.17, 15) is 0 Å². The Bertz CT molecular complexity index is 1610. The van der Waals surface area contributed by atoms with Crippen LogP contribution < -0.4 is 0 Å². The van der Waals surface area contributed by atoms with Gasteiger partial charge in [0.1, 0.15) is 12.2 Å². The van der Waals surface area contributed by atoms with Gasteiger partial charge in [-0.3, -0.25) is 19.9 Å². The largest absolute Gasteiger partial charge is 0.265 e. The fourth-order valence-electron chi connectivity index (χ4n) is 4.59. The molecule has 0 spiro atoms. The van der Waals surface area contributed by atoms with Crippen molar-refractivity contribution in [3.63, 3.8) is 0 Å². The fourth-order valence-corrected chi connectivity index (χ4v) is 4.59. The highest BCUT2D eigenvalue weighted by atomic mass is 15.1. The molecule has 0 amide bonds. The molecule has 0 saturated heterocycles. The molecule has 0 unspecified atom stereocenters. The van der Waals surface area contributed by atoms with Gasteiger partial charge in [-0.2, -0.15) is 20.4 Å². The Labute approximate surface area is 474 Å². The second-order valence-electron chi connectivity index (χ2n) is 16.3. The maximum atomic E-state index is 4.18. The Morgan fingerprint density at radius 3 is 0.987 bits per heavy atom. The lowest BCUT2D eigenvalue weighted by molar-refractivity contribution is 0.774. The van der Waals surface area contributed by atoms with Gasteiger partial charge in [0.05, 0.1) is 17.6 Å². The number of rotatable bonds is 7. The van der Waals surface area contributed by atoms with Gasteiger partial charge in [-0.25, -0.2) is 19.9 Å². The molecule has 0 N–H and O–H groups in total. The van der Waals surface area contributed by atoms with Gasteiger partial charge in [-0.1, -0.05) is 200 Å². The summed E-state index contributed by atoms with van der Waals surface area (Å²) < 4.78 is 0. The lowest BCUT2D eigenvalue weighted by Gasteiger charge is -2.01. The highest BCUT2D eigenvalue weighted by molar-refractivity contribution is 5.13. The topological polar surface area (TPSA) is 155 Å². The van der Waals surface area contributed by atoms with Crippen LogP contribution in [0.1, 0.15) is 275 Å². The summed E-state index contributed by atoms with van der Waals surface area (Å²) in [6.45, 7) is 57.7. The maximum absolute atomic E-state index is 4.18. The third-order valence-corrected chi connectivity index (χ3v) is 8.58. The molecular weight excluding hydrogens is 949 g/mol. The van der Waals surface area contributed by atoms with Gasteiger partial charge < -0.3 is 0 Å². The molecule has 7 heterocycles. The molecule has 0 atom stereocenters. The summed E-state index contributed by atoms with van der Waals surface area (Å²) in [6.07, 6.45) is 22.8. The summed E-state index contributed by atoms with van der Waals surface area (Å²) in [6, 6.07) is 19.7. The van der Waals surface area contributed by atoms with Crippen molar-refractivity contribution in [2.24, 2.45) is 0 Å². The van der Waals surface area contributed by atoms with Crippen LogP contribution in [0.4, 0.5) is 0 Å². The zero-order chi connectivity index (χ0) is 60.8. The van der Waals surface area contributed by atoms with Crippen LogP contribution in [0, 0.1) is 0 Å². The molecule has 0 bridgehead atoms. The number of pyridine rings is 2. The highest BCUT2D eigenvalue weighted by Crippen LogP contribution is 2.12. The summed E-state index contributed by atoms with van der Waals surface area (Å²) in [5, 5.41) is 15.1. The van der Waals surface area contributed by atoms with Gasteiger partial charge >= 0.3 is 0 Å². The van der Waals surface area contributed by atoms with Crippen LogP contribution in [0.25, 0.3) is 0 Å². The molecule has 0 aliphatic rings. The Morgan fingerprint density at radius 1 is 0.260 bits per heavy atom. The van der Waals surface area contributed by atoms with Crippen LogP contribution >= 0.6 is 0 Å². The van der Waals surface area contributed by atoms with Gasteiger partial charge in [-0.05, 0) is 101 Å². The van der Waals surface area contributed by atoms with E-state index in [-0.39, 0.29) is 0 Å². The first-order valence-electron chi connectivity index (χ1n) is 28.8. The second kappa shape index (κ2) is 65.8. The van der Waals surface area contributed by atoms with E-state index in [1.54, 1.807) is 62.1 Å². The predicted octanol–water partition coefficient (Wildman–Crippen LogP) is 19.6. The molecule has 7 rings (SSSR count). The van der Waals surface area contributed by atoms with E-state index in [0.29, 0.717) is 41.4 Å². The number of hydrogen-bond donors (Lipinski definition) is 0. The zero-order valence-electron chi connectivity index (χ0n) is 54.2. The lowest BCUT2D eigenvalue weighted by atomic mass is 10.1. The van der Waals surface area contributed by atoms with Crippen molar-refractivity contribution in [2.75, 3.05) is 0 Å². The van der Waals surface area contributed by atoms with Crippen molar-refractivity contribution in [2.45, 2.75) is 235 Å². The summed E-state index contributed by atoms with van der Waals surface area (Å²) in [7, 11) is 0. The summed E-state index contributed by atoms with van der Waals surface area (Å²) >= 11 is 0. The minimum atomic E-state index is 0.436. The number of nitrogens with zero attached hydrogens (tertiary/aromatic N) is 12. The van der Waals surface area contributed by atoms with Gasteiger partial charge in [0.15, 0.2) is 0 Å². The first kappa shape index (κ1) is 84.6. The molecule has 0 aliphatic carbocycles. The van der Waals surface area contributed by atoms with Crippen LogP contribution in [0.3, 0.4) is 0 Å². The molecule has 7 aromatic heterocycles. The first-order valence-corrected chi connectivity index (χ1v) is 28.8. The van der Waals surface area contributed by atoms with Crippen molar-refractivity contribution < 1.29 is 0 Å². The third kappa shape index (κ3) is 52.9. The van der Waals surface area contributed by atoms with Crippen LogP contribution in [-0.2, 0) is 0 Å². The minimum absolute atomic E-state index is 0.436. The normalized spacial score (nSPS) is 8.82. The lowest BCUT2D eigenvalue weighted by Crippen LogP contribution is -1.93. The quantitative estimate of drug-likeness (QED) is 0.149. The van der Waals surface area contributed by atoms with Crippen LogP contribution in [0.2, 0.25) is 0 Å². The summed E-state index contributed by atoms with van der Waals surface area (Å²) in [5.74, 6) is 4.55. The van der Waals surface area contributed by atoms with E-state index in [1.165, 1.54) is 11.1 Å². The smallest absolute Gasteiger partial charge is 0.130 e. The van der Waals surface area contributed by atoms with E-state index >= 15 is 0 Å². The van der Waals surface area contributed by atoms with Gasteiger partial charge in [0.25, 0.3) is 0 Å². The predicted molar refractivity (Wildman–Crippen MR) is 337 cm³/mol. The standard InChI is InChI=1S/2C8H11N.5C7H10N2.7C2H6/c1-7(2)8-3-5-9-6-4-8;1-7(2)8-5-3-4-6-9-8;1-6(2)7-5-8-3-4-9-7;1-6(2)7-3-4-8-5-9-7;1-6(2)7-3-4-8-9-5-7;1-6(2)7-8-4-3-5-9-7;1-6(2)7-4-3-5-8-9-7;7*1-2/h2*3-7H,1-2H3;5*3-6H,1-2H3;7*1-2H3. The molecule has 0 aromatic carbocycles. The molecular formula is C65H114N12. The third-order valence-electron chi connectivity index (χ3n) is 8.58.